The number of halogens is 1. The molecular weight excluding hydrogens is 214 g/mol. The third kappa shape index (κ3) is 2.43. The molecule has 0 amide bonds. The van der Waals surface area contributed by atoms with Crippen molar-refractivity contribution in [3.63, 3.8) is 0 Å². The lowest BCUT2D eigenvalue weighted by Gasteiger charge is -2.18. The Balaban J connectivity index is 2.18. The Morgan fingerprint density at radius 3 is 3.13 bits per heavy atom. The zero-order chi connectivity index (χ0) is 10.7. The standard InChI is InChI=1S/C11H12ClNO2/c12-5-6-15-9-2-3-10-8(7-9)1-4-11(14)13-10/h1-4,7,11,13-14H,5-6H2. The van der Waals surface area contributed by atoms with Crippen molar-refractivity contribution in [3.8, 4) is 5.75 Å². The number of rotatable bonds is 3. The second-order valence-electron chi connectivity index (χ2n) is 3.23. The summed E-state index contributed by atoms with van der Waals surface area (Å²) in [6.45, 7) is 0.500. The van der Waals surface area contributed by atoms with Gasteiger partial charge < -0.3 is 15.2 Å². The molecule has 1 heterocycles. The Kier molecular flexibility index (Phi) is 3.14. The van der Waals surface area contributed by atoms with Crippen molar-refractivity contribution >= 4 is 23.4 Å². The van der Waals surface area contributed by atoms with Gasteiger partial charge in [0.25, 0.3) is 0 Å². The van der Waals surface area contributed by atoms with Gasteiger partial charge in [0.1, 0.15) is 18.6 Å². The molecule has 1 aliphatic heterocycles. The van der Waals surface area contributed by atoms with E-state index in [1.54, 1.807) is 6.08 Å². The van der Waals surface area contributed by atoms with E-state index in [2.05, 4.69) is 5.32 Å². The molecule has 1 atom stereocenters. The second kappa shape index (κ2) is 4.55. The van der Waals surface area contributed by atoms with Crippen LogP contribution in [0.25, 0.3) is 6.08 Å². The van der Waals surface area contributed by atoms with Crippen LogP contribution < -0.4 is 10.1 Å². The normalized spacial score (nSPS) is 18.1. The Morgan fingerprint density at radius 2 is 2.33 bits per heavy atom. The average molecular weight is 226 g/mol. The highest BCUT2D eigenvalue weighted by Crippen LogP contribution is 2.26. The Labute approximate surface area is 93.3 Å². The number of nitrogens with one attached hydrogen (secondary N) is 1. The van der Waals surface area contributed by atoms with E-state index in [0.29, 0.717) is 12.5 Å². The first-order valence-electron chi connectivity index (χ1n) is 4.75. The lowest BCUT2D eigenvalue weighted by atomic mass is 10.1. The molecule has 4 heteroatoms. The van der Waals surface area contributed by atoms with Crippen molar-refractivity contribution in [1.29, 1.82) is 0 Å². The molecule has 0 bridgehead atoms. The van der Waals surface area contributed by atoms with Crippen LogP contribution in [-0.4, -0.2) is 23.8 Å². The molecule has 0 fully saturated rings. The van der Waals surface area contributed by atoms with Crippen LogP contribution >= 0.6 is 11.6 Å². The summed E-state index contributed by atoms with van der Waals surface area (Å²) in [7, 11) is 0. The molecule has 1 aliphatic rings. The molecule has 3 nitrogen and oxygen atoms in total. The predicted octanol–water partition coefficient (Wildman–Crippen LogP) is 2.06. The van der Waals surface area contributed by atoms with Gasteiger partial charge in [0.2, 0.25) is 0 Å². The average Bonchev–Trinajstić information content (AvgIpc) is 2.26. The molecule has 0 saturated carbocycles. The highest BCUT2D eigenvalue weighted by atomic mass is 35.5. The van der Waals surface area contributed by atoms with E-state index in [-0.39, 0.29) is 0 Å². The van der Waals surface area contributed by atoms with Crippen LogP contribution in [0.1, 0.15) is 5.56 Å². The lowest BCUT2D eigenvalue weighted by Crippen LogP contribution is -2.18. The number of aliphatic hydroxyl groups excluding tert-OH is 1. The Bertz CT molecular complexity index is 379. The fourth-order valence-electron chi connectivity index (χ4n) is 1.46. The zero-order valence-corrected chi connectivity index (χ0v) is 8.87. The molecule has 1 aromatic rings. The third-order valence-corrected chi connectivity index (χ3v) is 2.28. The van der Waals surface area contributed by atoms with Gasteiger partial charge >= 0.3 is 0 Å². The molecule has 0 radical (unpaired) electrons. The third-order valence-electron chi connectivity index (χ3n) is 2.13. The maximum Gasteiger partial charge on any atom is 0.144 e. The van der Waals surface area contributed by atoms with Crippen LogP contribution in [0.3, 0.4) is 0 Å². The van der Waals surface area contributed by atoms with Gasteiger partial charge in [0, 0.05) is 11.3 Å². The summed E-state index contributed by atoms with van der Waals surface area (Å²) in [6.07, 6.45) is 2.95. The molecule has 0 spiro atoms. The van der Waals surface area contributed by atoms with E-state index >= 15 is 0 Å². The largest absolute Gasteiger partial charge is 0.492 e. The molecule has 15 heavy (non-hydrogen) atoms. The minimum Gasteiger partial charge on any atom is -0.492 e. The summed E-state index contributed by atoms with van der Waals surface area (Å²) in [6, 6.07) is 5.65. The molecule has 0 saturated heterocycles. The van der Waals surface area contributed by atoms with Gasteiger partial charge in [-0.25, -0.2) is 0 Å². The fourth-order valence-corrected chi connectivity index (χ4v) is 1.54. The minimum atomic E-state index is -0.605. The topological polar surface area (TPSA) is 41.5 Å². The van der Waals surface area contributed by atoms with Gasteiger partial charge in [0.05, 0.1) is 5.88 Å². The van der Waals surface area contributed by atoms with Crippen molar-refractivity contribution in [2.24, 2.45) is 0 Å². The van der Waals surface area contributed by atoms with Crippen LogP contribution in [0.4, 0.5) is 5.69 Å². The molecule has 2 N–H and O–H groups in total. The summed E-state index contributed by atoms with van der Waals surface area (Å²) in [5.74, 6) is 1.27. The molecule has 0 aromatic heterocycles. The molecule has 1 aromatic carbocycles. The van der Waals surface area contributed by atoms with Crippen molar-refractivity contribution in [3.05, 3.63) is 29.8 Å². The van der Waals surface area contributed by atoms with Gasteiger partial charge in [-0.1, -0.05) is 6.08 Å². The van der Waals surface area contributed by atoms with Gasteiger partial charge in [-0.05, 0) is 24.3 Å². The first-order chi connectivity index (χ1) is 7.29. The van der Waals surface area contributed by atoms with Crippen LogP contribution in [0.15, 0.2) is 24.3 Å². The number of anilines is 1. The van der Waals surface area contributed by atoms with Crippen LogP contribution in [-0.2, 0) is 0 Å². The monoisotopic (exact) mass is 225 g/mol. The van der Waals surface area contributed by atoms with Crippen LogP contribution in [0.2, 0.25) is 0 Å². The summed E-state index contributed by atoms with van der Waals surface area (Å²) in [5.41, 5.74) is 1.91. The van der Waals surface area contributed by atoms with Crippen LogP contribution in [0.5, 0.6) is 5.75 Å². The van der Waals surface area contributed by atoms with E-state index < -0.39 is 6.23 Å². The van der Waals surface area contributed by atoms with E-state index in [9.17, 15) is 5.11 Å². The molecule has 1 unspecified atom stereocenters. The quantitative estimate of drug-likeness (QED) is 0.774. The summed E-state index contributed by atoms with van der Waals surface area (Å²) < 4.78 is 5.39. The highest BCUT2D eigenvalue weighted by molar-refractivity contribution is 6.18. The number of hydrogen-bond acceptors (Lipinski definition) is 3. The lowest BCUT2D eigenvalue weighted by molar-refractivity contribution is 0.252. The minimum absolute atomic E-state index is 0.476. The maximum atomic E-state index is 9.32. The molecular formula is C11H12ClNO2. The summed E-state index contributed by atoms with van der Waals surface area (Å²) in [4.78, 5) is 0. The molecule has 2 rings (SSSR count). The maximum absolute atomic E-state index is 9.32. The van der Waals surface area contributed by atoms with Gasteiger partial charge in [0.15, 0.2) is 0 Å². The SMILES string of the molecule is OC1C=Cc2cc(OCCCl)ccc2N1. The number of alkyl halides is 1. The van der Waals surface area contributed by atoms with Crippen LogP contribution in [0, 0.1) is 0 Å². The van der Waals surface area contributed by atoms with E-state index in [4.69, 9.17) is 16.3 Å². The summed E-state index contributed by atoms with van der Waals surface area (Å²) >= 11 is 5.53. The Hall–Kier alpha value is -1.19. The van der Waals surface area contributed by atoms with E-state index in [1.165, 1.54) is 0 Å². The number of fused-ring (bicyclic) bond motifs is 1. The number of hydrogen-bond donors (Lipinski definition) is 2. The van der Waals surface area contributed by atoms with Crippen molar-refractivity contribution < 1.29 is 9.84 Å². The molecule has 0 aliphatic carbocycles. The zero-order valence-electron chi connectivity index (χ0n) is 8.11. The summed E-state index contributed by atoms with van der Waals surface area (Å²) in [5, 5.41) is 12.3. The predicted molar refractivity (Wildman–Crippen MR) is 61.3 cm³/mol. The fraction of sp³-hybridized carbons (Fsp3) is 0.273. The van der Waals surface area contributed by atoms with E-state index in [0.717, 1.165) is 17.0 Å². The van der Waals surface area contributed by atoms with Crippen molar-refractivity contribution in [1.82, 2.24) is 0 Å². The van der Waals surface area contributed by atoms with Crippen molar-refractivity contribution in [2.45, 2.75) is 6.23 Å². The smallest absolute Gasteiger partial charge is 0.144 e. The van der Waals surface area contributed by atoms with Gasteiger partial charge in [-0.3, -0.25) is 0 Å². The molecule has 80 valence electrons. The van der Waals surface area contributed by atoms with E-state index in [1.807, 2.05) is 24.3 Å². The number of benzene rings is 1. The second-order valence-corrected chi connectivity index (χ2v) is 3.61. The van der Waals surface area contributed by atoms with Gasteiger partial charge in [-0.2, -0.15) is 0 Å². The van der Waals surface area contributed by atoms with Crippen molar-refractivity contribution in [2.75, 3.05) is 17.8 Å². The number of ether oxygens (including phenoxy) is 1. The number of aliphatic hydroxyl groups is 1. The first-order valence-corrected chi connectivity index (χ1v) is 5.28. The highest BCUT2D eigenvalue weighted by Gasteiger charge is 2.09. The van der Waals surface area contributed by atoms with Gasteiger partial charge in [-0.15, -0.1) is 11.6 Å². The Morgan fingerprint density at radius 1 is 1.47 bits per heavy atom. The first kappa shape index (κ1) is 10.3.